The number of alkyl halides is 1. The van der Waals surface area contributed by atoms with E-state index in [4.69, 9.17) is 27.6 Å². The van der Waals surface area contributed by atoms with Crippen molar-refractivity contribution in [1.29, 1.82) is 0 Å². The maximum Gasteiger partial charge on any atom is 0.152 e. The van der Waals surface area contributed by atoms with Crippen LogP contribution in [0.1, 0.15) is 25.0 Å². The Kier molecular flexibility index (Phi) is 3.06. The van der Waals surface area contributed by atoms with Gasteiger partial charge in [-0.05, 0) is 37.3 Å². The minimum atomic E-state index is 0.304. The summed E-state index contributed by atoms with van der Waals surface area (Å²) in [4.78, 5) is 0. The summed E-state index contributed by atoms with van der Waals surface area (Å²) in [6.07, 6.45) is 4.47. The third-order valence-corrected chi connectivity index (χ3v) is 4.22. The fourth-order valence-electron chi connectivity index (χ4n) is 2.18. The van der Waals surface area contributed by atoms with Crippen LogP contribution in [0.25, 0.3) is 11.0 Å². The van der Waals surface area contributed by atoms with E-state index in [2.05, 4.69) is 6.07 Å². The second kappa shape index (κ2) is 4.55. The predicted molar refractivity (Wildman–Crippen MR) is 71.9 cm³/mol. The highest BCUT2D eigenvalue weighted by atomic mass is 35.5. The molecule has 0 saturated heterocycles. The summed E-state index contributed by atoms with van der Waals surface area (Å²) in [5.41, 5.74) is 0.793. The lowest BCUT2D eigenvalue weighted by molar-refractivity contribution is 0.527. The number of para-hydroxylation sites is 1. The number of aryl methyl sites for hydroxylation is 1. The molecule has 1 aromatic carbocycles. The summed E-state index contributed by atoms with van der Waals surface area (Å²) in [6.45, 7) is 0. The van der Waals surface area contributed by atoms with Crippen molar-refractivity contribution < 1.29 is 4.42 Å². The van der Waals surface area contributed by atoms with Gasteiger partial charge in [0.2, 0.25) is 0 Å². The first-order chi connectivity index (χ1) is 8.24. The molecule has 2 aromatic rings. The number of halogens is 2. The van der Waals surface area contributed by atoms with Crippen LogP contribution in [0, 0.1) is 5.92 Å². The molecule has 1 nitrogen and oxygen atoms in total. The van der Waals surface area contributed by atoms with Crippen molar-refractivity contribution in [3.05, 3.63) is 35.0 Å². The van der Waals surface area contributed by atoms with Crippen molar-refractivity contribution in [1.82, 2.24) is 0 Å². The standard InChI is InChI=1S/C14H14Cl2O/c15-12(9-4-5-9)7-6-11-8-10-2-1-3-13(16)14(10)17-11/h1-3,8-9,12H,4-7H2. The molecule has 3 rings (SSSR count). The van der Waals surface area contributed by atoms with Gasteiger partial charge in [0.05, 0.1) is 5.02 Å². The maximum atomic E-state index is 6.29. The molecular formula is C14H14Cl2O. The second-order valence-corrected chi connectivity index (χ2v) is 5.73. The van der Waals surface area contributed by atoms with E-state index in [0.717, 1.165) is 35.5 Å². The normalized spacial score (nSPS) is 17.5. The molecule has 1 aromatic heterocycles. The van der Waals surface area contributed by atoms with Crippen LogP contribution >= 0.6 is 23.2 Å². The van der Waals surface area contributed by atoms with E-state index in [0.29, 0.717) is 10.4 Å². The summed E-state index contributed by atoms with van der Waals surface area (Å²) < 4.78 is 5.76. The van der Waals surface area contributed by atoms with Crippen LogP contribution in [-0.4, -0.2) is 5.38 Å². The Labute approximate surface area is 111 Å². The Morgan fingerprint density at radius 3 is 2.88 bits per heavy atom. The van der Waals surface area contributed by atoms with Gasteiger partial charge in [0.1, 0.15) is 5.76 Å². The summed E-state index contributed by atoms with van der Waals surface area (Å²) in [5, 5.41) is 2.06. The average Bonchev–Trinajstić information content (AvgIpc) is 3.07. The molecule has 90 valence electrons. The molecule has 0 bridgehead atoms. The molecule has 1 saturated carbocycles. The largest absolute Gasteiger partial charge is 0.460 e. The van der Waals surface area contributed by atoms with Gasteiger partial charge in [0.25, 0.3) is 0 Å². The molecule has 1 fully saturated rings. The van der Waals surface area contributed by atoms with Crippen molar-refractivity contribution in [2.45, 2.75) is 31.1 Å². The zero-order valence-electron chi connectivity index (χ0n) is 9.46. The van der Waals surface area contributed by atoms with Gasteiger partial charge < -0.3 is 4.42 Å². The van der Waals surface area contributed by atoms with Crippen molar-refractivity contribution in [3.8, 4) is 0 Å². The van der Waals surface area contributed by atoms with E-state index in [1.54, 1.807) is 0 Å². The van der Waals surface area contributed by atoms with E-state index in [1.165, 1.54) is 12.8 Å². The van der Waals surface area contributed by atoms with Crippen LogP contribution < -0.4 is 0 Å². The molecular weight excluding hydrogens is 255 g/mol. The minimum Gasteiger partial charge on any atom is -0.460 e. The number of rotatable bonds is 4. The van der Waals surface area contributed by atoms with Crippen molar-refractivity contribution in [2.24, 2.45) is 5.92 Å². The Morgan fingerprint density at radius 2 is 2.18 bits per heavy atom. The lowest BCUT2D eigenvalue weighted by atomic mass is 10.1. The van der Waals surface area contributed by atoms with E-state index >= 15 is 0 Å². The number of fused-ring (bicyclic) bond motifs is 1. The molecule has 1 unspecified atom stereocenters. The lowest BCUT2D eigenvalue weighted by Gasteiger charge is -2.04. The highest BCUT2D eigenvalue weighted by Crippen LogP contribution is 2.38. The van der Waals surface area contributed by atoms with Gasteiger partial charge in [-0.2, -0.15) is 0 Å². The van der Waals surface area contributed by atoms with E-state index in [1.807, 2.05) is 18.2 Å². The number of hydrogen-bond acceptors (Lipinski definition) is 1. The van der Waals surface area contributed by atoms with Crippen molar-refractivity contribution >= 4 is 34.2 Å². The number of benzene rings is 1. The highest BCUT2D eigenvalue weighted by molar-refractivity contribution is 6.34. The Morgan fingerprint density at radius 1 is 1.35 bits per heavy atom. The van der Waals surface area contributed by atoms with E-state index < -0.39 is 0 Å². The molecule has 0 aliphatic heterocycles. The SMILES string of the molecule is Clc1cccc2cc(CCC(Cl)C3CC3)oc12. The van der Waals surface area contributed by atoms with Crippen LogP contribution in [0.3, 0.4) is 0 Å². The minimum absolute atomic E-state index is 0.304. The van der Waals surface area contributed by atoms with Crippen LogP contribution in [0.5, 0.6) is 0 Å². The van der Waals surface area contributed by atoms with Gasteiger partial charge in [-0.3, -0.25) is 0 Å². The first-order valence-corrected chi connectivity index (χ1v) is 6.86. The van der Waals surface area contributed by atoms with Gasteiger partial charge in [-0.15, -0.1) is 11.6 Å². The van der Waals surface area contributed by atoms with E-state index in [-0.39, 0.29) is 0 Å². The summed E-state index contributed by atoms with van der Waals surface area (Å²) in [5.74, 6) is 1.73. The highest BCUT2D eigenvalue weighted by Gasteiger charge is 2.29. The summed E-state index contributed by atoms with van der Waals surface area (Å²) in [7, 11) is 0. The Balaban J connectivity index is 1.74. The van der Waals surface area contributed by atoms with Crippen LogP contribution in [0.4, 0.5) is 0 Å². The number of furan rings is 1. The zero-order chi connectivity index (χ0) is 11.8. The monoisotopic (exact) mass is 268 g/mol. The fourth-order valence-corrected chi connectivity index (χ4v) is 2.76. The van der Waals surface area contributed by atoms with Gasteiger partial charge in [0, 0.05) is 17.2 Å². The van der Waals surface area contributed by atoms with Crippen molar-refractivity contribution in [2.75, 3.05) is 0 Å². The molecule has 0 radical (unpaired) electrons. The third kappa shape index (κ3) is 2.46. The molecule has 0 amide bonds. The van der Waals surface area contributed by atoms with Gasteiger partial charge in [0.15, 0.2) is 5.58 Å². The molecule has 1 heterocycles. The molecule has 1 atom stereocenters. The first kappa shape index (κ1) is 11.4. The molecule has 3 heteroatoms. The number of hydrogen-bond donors (Lipinski definition) is 0. The lowest BCUT2D eigenvalue weighted by Crippen LogP contribution is -2.02. The summed E-state index contributed by atoms with van der Waals surface area (Å²) in [6, 6.07) is 7.88. The molecule has 0 N–H and O–H groups in total. The topological polar surface area (TPSA) is 13.1 Å². The summed E-state index contributed by atoms with van der Waals surface area (Å²) >= 11 is 12.4. The quantitative estimate of drug-likeness (QED) is 0.709. The molecule has 0 spiro atoms. The molecule has 1 aliphatic rings. The van der Waals surface area contributed by atoms with Gasteiger partial charge in [-0.1, -0.05) is 23.7 Å². The van der Waals surface area contributed by atoms with Crippen LogP contribution in [0.15, 0.2) is 28.7 Å². The predicted octanol–water partition coefficient (Wildman–Crippen LogP) is 5.04. The fraction of sp³-hybridized carbons (Fsp3) is 0.429. The molecule has 1 aliphatic carbocycles. The van der Waals surface area contributed by atoms with Gasteiger partial charge in [-0.25, -0.2) is 0 Å². The van der Waals surface area contributed by atoms with Crippen LogP contribution in [0.2, 0.25) is 5.02 Å². The first-order valence-electron chi connectivity index (χ1n) is 6.05. The van der Waals surface area contributed by atoms with Crippen LogP contribution in [-0.2, 0) is 6.42 Å². The smallest absolute Gasteiger partial charge is 0.152 e. The Hall–Kier alpha value is -0.660. The van der Waals surface area contributed by atoms with Gasteiger partial charge >= 0.3 is 0 Å². The molecule has 17 heavy (non-hydrogen) atoms. The van der Waals surface area contributed by atoms with Crippen molar-refractivity contribution in [3.63, 3.8) is 0 Å². The zero-order valence-corrected chi connectivity index (χ0v) is 11.0. The maximum absolute atomic E-state index is 6.29. The second-order valence-electron chi connectivity index (χ2n) is 4.76. The Bertz CT molecular complexity index is 528. The average molecular weight is 269 g/mol. The third-order valence-electron chi connectivity index (χ3n) is 3.35. The van der Waals surface area contributed by atoms with E-state index in [9.17, 15) is 0 Å².